The highest BCUT2D eigenvalue weighted by Crippen LogP contribution is 2.45. The van der Waals surface area contributed by atoms with Gasteiger partial charge in [0.05, 0.1) is 18.8 Å². The van der Waals surface area contributed by atoms with Crippen LogP contribution in [-0.4, -0.2) is 55.3 Å². The summed E-state index contributed by atoms with van der Waals surface area (Å²) in [6, 6.07) is 1.93. The van der Waals surface area contributed by atoms with E-state index < -0.39 is 0 Å². The number of carbonyl (C=O) groups excluding carboxylic acids is 1. The summed E-state index contributed by atoms with van der Waals surface area (Å²) in [5.74, 6) is 1.38. The average Bonchev–Trinajstić information content (AvgIpc) is 3.48. The summed E-state index contributed by atoms with van der Waals surface area (Å²) in [4.78, 5) is 19.0. The highest BCUT2D eigenvalue weighted by atomic mass is 16.5. The Hall–Kier alpha value is -1.46. The molecule has 3 fully saturated rings. The van der Waals surface area contributed by atoms with E-state index >= 15 is 0 Å². The fraction of sp³-hybridized carbons (Fsp3) is 0.714. The number of likely N-dealkylation sites (tertiary alicyclic amines) is 1. The van der Waals surface area contributed by atoms with Crippen LogP contribution < -0.4 is 0 Å². The molecule has 1 saturated carbocycles. The van der Waals surface area contributed by atoms with Gasteiger partial charge in [0, 0.05) is 44.6 Å². The number of ether oxygens (including phenoxy) is 2. The van der Waals surface area contributed by atoms with E-state index in [4.69, 9.17) is 9.47 Å². The molecule has 5 heteroatoms. The molecule has 5 nitrogen and oxygen atoms in total. The van der Waals surface area contributed by atoms with Crippen molar-refractivity contribution in [1.82, 2.24) is 9.88 Å². The highest BCUT2D eigenvalue weighted by Gasteiger charge is 2.44. The number of pyridine rings is 1. The molecule has 1 aromatic rings. The van der Waals surface area contributed by atoms with Crippen molar-refractivity contribution in [2.24, 2.45) is 17.3 Å². The normalized spacial score (nSPS) is 25.4. The number of carbonyl (C=O) groups is 1. The number of amides is 1. The van der Waals surface area contributed by atoms with E-state index in [1.165, 1.54) is 12.8 Å². The smallest absolute Gasteiger partial charge is 0.255 e. The Balaban J connectivity index is 1.36. The second kappa shape index (κ2) is 7.65. The van der Waals surface area contributed by atoms with Crippen LogP contribution >= 0.6 is 0 Å². The Bertz CT molecular complexity index is 636. The number of hydrogen-bond acceptors (Lipinski definition) is 4. The minimum atomic E-state index is 0.115. The van der Waals surface area contributed by atoms with Gasteiger partial charge in [0.25, 0.3) is 5.91 Å². The van der Waals surface area contributed by atoms with Gasteiger partial charge in [-0.2, -0.15) is 0 Å². The van der Waals surface area contributed by atoms with Crippen LogP contribution in [0.3, 0.4) is 0 Å². The number of piperidine rings is 1. The van der Waals surface area contributed by atoms with Crippen LogP contribution in [0, 0.1) is 24.2 Å². The molecule has 0 radical (unpaired) electrons. The molecule has 142 valence electrons. The molecule has 1 aliphatic carbocycles. The van der Waals surface area contributed by atoms with Crippen LogP contribution in [0.25, 0.3) is 0 Å². The van der Waals surface area contributed by atoms with Crippen molar-refractivity contribution in [3.63, 3.8) is 0 Å². The molecule has 0 N–H and O–H groups in total. The lowest BCUT2D eigenvalue weighted by Crippen LogP contribution is -2.50. The topological polar surface area (TPSA) is 51.7 Å². The summed E-state index contributed by atoms with van der Waals surface area (Å²) in [7, 11) is 0. The SMILES string of the molecule is Cc1cncc(C(=O)N2CCC3(CCOCC3COCC3CC3)CC2)c1. The number of aryl methyl sites for hydroxylation is 1. The lowest BCUT2D eigenvalue weighted by molar-refractivity contribution is -0.0975. The van der Waals surface area contributed by atoms with Gasteiger partial charge in [-0.15, -0.1) is 0 Å². The second-order valence-corrected chi connectivity index (χ2v) is 8.41. The zero-order chi connectivity index (χ0) is 18.0. The number of rotatable bonds is 5. The lowest BCUT2D eigenvalue weighted by atomic mass is 9.66. The van der Waals surface area contributed by atoms with Gasteiger partial charge < -0.3 is 14.4 Å². The van der Waals surface area contributed by atoms with Crippen molar-refractivity contribution in [3.8, 4) is 0 Å². The third kappa shape index (κ3) is 3.94. The molecule has 2 aliphatic heterocycles. The van der Waals surface area contributed by atoms with Crippen LogP contribution in [0.15, 0.2) is 18.5 Å². The van der Waals surface area contributed by atoms with E-state index in [2.05, 4.69) is 4.98 Å². The van der Waals surface area contributed by atoms with Gasteiger partial charge >= 0.3 is 0 Å². The Labute approximate surface area is 156 Å². The van der Waals surface area contributed by atoms with Gasteiger partial charge in [-0.25, -0.2) is 0 Å². The predicted molar refractivity (Wildman–Crippen MR) is 99.0 cm³/mol. The number of aromatic nitrogens is 1. The highest BCUT2D eigenvalue weighted by molar-refractivity contribution is 5.94. The molecular weight excluding hydrogens is 328 g/mol. The van der Waals surface area contributed by atoms with Crippen LogP contribution in [-0.2, 0) is 9.47 Å². The first-order valence-electron chi connectivity index (χ1n) is 10.0. The molecule has 3 aliphatic rings. The summed E-state index contributed by atoms with van der Waals surface area (Å²) in [5.41, 5.74) is 2.02. The van der Waals surface area contributed by atoms with Gasteiger partial charge in [0.15, 0.2) is 0 Å². The zero-order valence-electron chi connectivity index (χ0n) is 15.8. The summed E-state index contributed by atoms with van der Waals surface area (Å²) >= 11 is 0. The molecule has 26 heavy (non-hydrogen) atoms. The number of nitrogens with zero attached hydrogens (tertiary/aromatic N) is 2. The van der Waals surface area contributed by atoms with Gasteiger partial charge in [-0.1, -0.05) is 0 Å². The third-order valence-corrected chi connectivity index (χ3v) is 6.47. The Kier molecular flexibility index (Phi) is 5.28. The third-order valence-electron chi connectivity index (χ3n) is 6.47. The zero-order valence-corrected chi connectivity index (χ0v) is 15.8. The first kappa shape index (κ1) is 17.9. The predicted octanol–water partition coefficient (Wildman–Crippen LogP) is 3.08. The Morgan fingerprint density at radius 1 is 1.27 bits per heavy atom. The van der Waals surface area contributed by atoms with E-state index in [9.17, 15) is 4.79 Å². The van der Waals surface area contributed by atoms with Crippen molar-refractivity contribution in [2.75, 3.05) is 39.5 Å². The van der Waals surface area contributed by atoms with Crippen LogP contribution in [0.5, 0.6) is 0 Å². The Morgan fingerprint density at radius 2 is 2.08 bits per heavy atom. The first-order chi connectivity index (χ1) is 12.7. The maximum absolute atomic E-state index is 12.8. The van der Waals surface area contributed by atoms with E-state index in [1.54, 1.807) is 12.4 Å². The molecule has 1 amide bonds. The van der Waals surface area contributed by atoms with E-state index in [1.807, 2.05) is 17.9 Å². The van der Waals surface area contributed by atoms with Crippen molar-refractivity contribution in [3.05, 3.63) is 29.6 Å². The van der Waals surface area contributed by atoms with Crippen LogP contribution in [0.1, 0.15) is 48.0 Å². The van der Waals surface area contributed by atoms with Crippen molar-refractivity contribution in [2.45, 2.75) is 39.0 Å². The maximum Gasteiger partial charge on any atom is 0.255 e. The molecule has 0 aromatic carbocycles. The monoisotopic (exact) mass is 358 g/mol. The molecule has 0 bridgehead atoms. The average molecular weight is 358 g/mol. The molecule has 2 saturated heterocycles. The van der Waals surface area contributed by atoms with Gasteiger partial charge in [0.2, 0.25) is 0 Å². The minimum absolute atomic E-state index is 0.115. The molecule has 3 heterocycles. The molecule has 1 aromatic heterocycles. The molecular formula is C21H30N2O3. The second-order valence-electron chi connectivity index (χ2n) is 8.41. The van der Waals surface area contributed by atoms with Crippen molar-refractivity contribution >= 4 is 5.91 Å². The fourth-order valence-corrected chi connectivity index (χ4v) is 4.44. The first-order valence-corrected chi connectivity index (χ1v) is 10.0. The molecule has 1 spiro atoms. The summed E-state index contributed by atoms with van der Waals surface area (Å²) in [6.07, 6.45) is 9.34. The van der Waals surface area contributed by atoms with Gasteiger partial charge in [0.1, 0.15) is 0 Å². The number of hydrogen-bond donors (Lipinski definition) is 0. The minimum Gasteiger partial charge on any atom is -0.381 e. The maximum atomic E-state index is 12.8. The lowest BCUT2D eigenvalue weighted by Gasteiger charge is -2.49. The van der Waals surface area contributed by atoms with Gasteiger partial charge in [-0.3, -0.25) is 9.78 Å². The van der Waals surface area contributed by atoms with E-state index in [-0.39, 0.29) is 11.3 Å². The van der Waals surface area contributed by atoms with Crippen molar-refractivity contribution in [1.29, 1.82) is 0 Å². The molecule has 4 rings (SSSR count). The summed E-state index contributed by atoms with van der Waals surface area (Å²) < 4.78 is 11.8. The fourth-order valence-electron chi connectivity index (χ4n) is 4.44. The van der Waals surface area contributed by atoms with E-state index in [0.717, 1.165) is 70.3 Å². The molecule has 1 atom stereocenters. The largest absolute Gasteiger partial charge is 0.381 e. The standard InChI is InChI=1S/C21H30N2O3/c1-16-10-18(12-22-11-16)20(24)23-7-4-21(5-8-23)6-9-25-14-19(21)15-26-13-17-2-3-17/h10-12,17,19H,2-9,13-15H2,1H3. The summed E-state index contributed by atoms with van der Waals surface area (Å²) in [6.45, 7) is 7.00. The summed E-state index contributed by atoms with van der Waals surface area (Å²) in [5, 5.41) is 0. The van der Waals surface area contributed by atoms with Crippen LogP contribution in [0.4, 0.5) is 0 Å². The Morgan fingerprint density at radius 3 is 2.81 bits per heavy atom. The molecule has 1 unspecified atom stereocenters. The van der Waals surface area contributed by atoms with Crippen molar-refractivity contribution < 1.29 is 14.3 Å². The quantitative estimate of drug-likeness (QED) is 0.812. The van der Waals surface area contributed by atoms with E-state index in [0.29, 0.717) is 11.5 Å². The van der Waals surface area contributed by atoms with Crippen LogP contribution in [0.2, 0.25) is 0 Å². The van der Waals surface area contributed by atoms with Gasteiger partial charge in [-0.05, 0) is 62.0 Å².